The molecule has 3 amide bonds. The number of aromatic nitrogens is 1. The maximum absolute atomic E-state index is 15.2. The van der Waals surface area contributed by atoms with Crippen molar-refractivity contribution < 1.29 is 40.5 Å². The van der Waals surface area contributed by atoms with E-state index in [1.807, 2.05) is 5.32 Å². The molecule has 3 aromatic rings. The molecule has 0 spiro atoms. The summed E-state index contributed by atoms with van der Waals surface area (Å²) < 4.78 is 95.0. The minimum absolute atomic E-state index is 0.0182. The highest BCUT2D eigenvalue weighted by molar-refractivity contribution is 7.70. The predicted molar refractivity (Wildman–Crippen MR) is 133 cm³/mol. The fraction of sp³-hybridized carbons (Fsp3) is 0.240. The minimum atomic E-state index is -4.83. The van der Waals surface area contributed by atoms with E-state index in [9.17, 15) is 31.7 Å². The Morgan fingerprint density at radius 1 is 1.05 bits per heavy atom. The van der Waals surface area contributed by atoms with Gasteiger partial charge in [0, 0.05) is 23.6 Å². The maximum Gasteiger partial charge on any atom is 0.417 e. The lowest BCUT2D eigenvalue weighted by Crippen LogP contribution is -2.43. The van der Waals surface area contributed by atoms with Crippen LogP contribution in [0, 0.1) is 17.5 Å². The van der Waals surface area contributed by atoms with Gasteiger partial charge in [-0.3, -0.25) is 10.1 Å². The predicted octanol–water partition coefficient (Wildman–Crippen LogP) is 5.36. The smallest absolute Gasteiger partial charge is 0.326 e. The first-order valence-electron chi connectivity index (χ1n) is 11.4. The highest BCUT2D eigenvalue weighted by atomic mass is 31.2. The number of carbonyl (C=O) groups is 2. The Balaban J connectivity index is 1.50. The molecular formula is C25H21F6N4O3P. The van der Waals surface area contributed by atoms with Crippen LogP contribution >= 0.6 is 7.14 Å². The largest absolute Gasteiger partial charge is 0.417 e. The standard InChI is InChI=1S/C25H21F6N4O3P/c1-39(2,38)19-6-4-3-5-14(19)15-7-8-18(21(28)20(15)27)35-10-9-17(23(35)36)33-24(37)34-22-16(26)11-13(12-32-22)25(29,30)31/h3-8,11-12,17H,9-10H2,1-2H3,(H2,32,33,34,37)/t17-/m1/s1. The van der Waals surface area contributed by atoms with Crippen molar-refractivity contribution in [2.75, 3.05) is 30.1 Å². The maximum atomic E-state index is 15.2. The van der Waals surface area contributed by atoms with Crippen LogP contribution in [-0.2, 0) is 15.5 Å². The average molecular weight is 570 g/mol. The number of rotatable bonds is 5. The summed E-state index contributed by atoms with van der Waals surface area (Å²) in [6, 6.07) is 6.58. The monoisotopic (exact) mass is 570 g/mol. The lowest BCUT2D eigenvalue weighted by atomic mass is 10.0. The number of nitrogens with one attached hydrogen (secondary N) is 2. The molecular weight excluding hydrogens is 549 g/mol. The van der Waals surface area contributed by atoms with Crippen LogP contribution < -0.4 is 20.8 Å². The zero-order chi connectivity index (χ0) is 28.7. The van der Waals surface area contributed by atoms with Crippen molar-refractivity contribution in [1.82, 2.24) is 10.3 Å². The third kappa shape index (κ3) is 5.78. The lowest BCUT2D eigenvalue weighted by molar-refractivity contribution is -0.138. The molecule has 0 aliphatic carbocycles. The molecule has 2 heterocycles. The normalized spacial score (nSPS) is 15.9. The van der Waals surface area contributed by atoms with Crippen LogP contribution in [0.15, 0.2) is 48.7 Å². The number of anilines is 2. The van der Waals surface area contributed by atoms with Gasteiger partial charge in [0.2, 0.25) is 5.91 Å². The zero-order valence-electron chi connectivity index (χ0n) is 20.4. The second-order valence-electron chi connectivity index (χ2n) is 9.11. The van der Waals surface area contributed by atoms with E-state index in [2.05, 4.69) is 10.3 Å². The van der Waals surface area contributed by atoms with E-state index in [1.54, 1.807) is 18.2 Å². The number of amides is 3. The minimum Gasteiger partial charge on any atom is -0.326 e. The van der Waals surface area contributed by atoms with Crippen LogP contribution in [0.1, 0.15) is 12.0 Å². The van der Waals surface area contributed by atoms with E-state index in [-0.39, 0.29) is 35.8 Å². The SMILES string of the molecule is CP(C)(=O)c1ccccc1-c1ccc(N2CC[C@@H](NC(=O)Nc3ncc(C(F)(F)F)cc3F)C2=O)c(F)c1F. The molecule has 1 fully saturated rings. The Morgan fingerprint density at radius 3 is 2.38 bits per heavy atom. The first kappa shape index (κ1) is 28.2. The molecule has 0 bridgehead atoms. The number of urea groups is 1. The van der Waals surface area contributed by atoms with Crippen molar-refractivity contribution in [2.45, 2.75) is 18.6 Å². The van der Waals surface area contributed by atoms with Gasteiger partial charge in [-0.2, -0.15) is 13.2 Å². The summed E-state index contributed by atoms with van der Waals surface area (Å²) in [5, 5.41) is 4.51. The molecule has 0 radical (unpaired) electrons. The number of nitrogens with zero attached hydrogens (tertiary/aromatic N) is 2. The van der Waals surface area contributed by atoms with Crippen molar-refractivity contribution in [3.63, 3.8) is 0 Å². The van der Waals surface area contributed by atoms with Gasteiger partial charge in [0.25, 0.3) is 0 Å². The molecule has 206 valence electrons. The summed E-state index contributed by atoms with van der Waals surface area (Å²) in [5.74, 6) is -5.60. The average Bonchev–Trinajstić information content (AvgIpc) is 3.20. The van der Waals surface area contributed by atoms with E-state index < -0.39 is 60.1 Å². The molecule has 4 rings (SSSR count). The number of hydrogen-bond acceptors (Lipinski definition) is 4. The summed E-state index contributed by atoms with van der Waals surface area (Å²) in [4.78, 5) is 29.3. The van der Waals surface area contributed by atoms with Crippen molar-refractivity contribution >= 4 is 35.9 Å². The van der Waals surface area contributed by atoms with Crippen molar-refractivity contribution in [3.8, 4) is 11.1 Å². The van der Waals surface area contributed by atoms with Crippen LogP contribution in [-0.4, -0.2) is 42.8 Å². The van der Waals surface area contributed by atoms with Crippen molar-refractivity contribution in [1.29, 1.82) is 0 Å². The van der Waals surface area contributed by atoms with Gasteiger partial charge in [0.1, 0.15) is 13.2 Å². The molecule has 2 aromatic carbocycles. The molecule has 1 aliphatic heterocycles. The summed E-state index contributed by atoms with van der Waals surface area (Å²) in [6.45, 7) is 2.91. The summed E-state index contributed by atoms with van der Waals surface area (Å²) >= 11 is 0. The van der Waals surface area contributed by atoms with Crippen LogP contribution in [0.2, 0.25) is 0 Å². The van der Waals surface area contributed by atoms with Crippen LogP contribution in [0.3, 0.4) is 0 Å². The van der Waals surface area contributed by atoms with Crippen molar-refractivity contribution in [2.24, 2.45) is 0 Å². The van der Waals surface area contributed by atoms with Crippen LogP contribution in [0.5, 0.6) is 0 Å². The van der Waals surface area contributed by atoms with E-state index in [4.69, 9.17) is 0 Å². The van der Waals surface area contributed by atoms with E-state index in [0.717, 1.165) is 4.90 Å². The van der Waals surface area contributed by atoms with E-state index >= 15 is 8.78 Å². The Labute approximate surface area is 218 Å². The molecule has 1 aliphatic rings. The summed E-state index contributed by atoms with van der Waals surface area (Å²) in [7, 11) is -2.84. The third-order valence-corrected chi connectivity index (χ3v) is 7.59. The highest BCUT2D eigenvalue weighted by Crippen LogP contribution is 2.40. The van der Waals surface area contributed by atoms with E-state index in [0.29, 0.717) is 11.5 Å². The topological polar surface area (TPSA) is 91.4 Å². The van der Waals surface area contributed by atoms with Gasteiger partial charge in [-0.05, 0) is 43.5 Å². The number of benzene rings is 2. The molecule has 14 heteroatoms. The second-order valence-corrected chi connectivity index (χ2v) is 12.3. The van der Waals surface area contributed by atoms with Gasteiger partial charge in [0.15, 0.2) is 23.3 Å². The Hall–Kier alpha value is -3.86. The second kappa shape index (κ2) is 10.4. The molecule has 0 unspecified atom stereocenters. The summed E-state index contributed by atoms with van der Waals surface area (Å²) in [5.41, 5.74) is -1.62. The fourth-order valence-electron chi connectivity index (χ4n) is 4.17. The van der Waals surface area contributed by atoms with Gasteiger partial charge >= 0.3 is 12.2 Å². The highest BCUT2D eigenvalue weighted by Gasteiger charge is 2.36. The molecule has 2 N–H and O–H groups in total. The molecule has 39 heavy (non-hydrogen) atoms. The van der Waals surface area contributed by atoms with Gasteiger partial charge in [-0.25, -0.2) is 22.9 Å². The third-order valence-electron chi connectivity index (χ3n) is 6.04. The van der Waals surface area contributed by atoms with Gasteiger partial charge in [-0.1, -0.05) is 24.3 Å². The quantitative estimate of drug-likeness (QED) is 0.319. The van der Waals surface area contributed by atoms with Crippen LogP contribution in [0.4, 0.5) is 42.6 Å². The number of halogens is 6. The fourth-order valence-corrected chi connectivity index (χ4v) is 5.39. The number of alkyl halides is 3. The zero-order valence-corrected chi connectivity index (χ0v) is 21.3. The Kier molecular flexibility index (Phi) is 7.48. The lowest BCUT2D eigenvalue weighted by Gasteiger charge is -2.20. The molecule has 1 aromatic heterocycles. The Morgan fingerprint density at radius 2 is 1.74 bits per heavy atom. The number of pyridine rings is 1. The van der Waals surface area contributed by atoms with Gasteiger partial charge in [0.05, 0.1) is 11.3 Å². The first-order valence-corrected chi connectivity index (χ1v) is 14.0. The number of carbonyl (C=O) groups excluding carboxylic acids is 2. The van der Waals surface area contributed by atoms with Crippen molar-refractivity contribution in [3.05, 3.63) is 71.7 Å². The van der Waals surface area contributed by atoms with Crippen LogP contribution in [0.25, 0.3) is 11.1 Å². The van der Waals surface area contributed by atoms with Gasteiger partial charge < -0.3 is 14.8 Å². The molecule has 1 atom stereocenters. The Bertz CT molecular complexity index is 1510. The van der Waals surface area contributed by atoms with E-state index in [1.165, 1.54) is 31.5 Å². The molecule has 7 nitrogen and oxygen atoms in total. The molecule has 1 saturated heterocycles. The van der Waals surface area contributed by atoms with Gasteiger partial charge in [-0.15, -0.1) is 0 Å². The first-order chi connectivity index (χ1) is 18.2. The number of hydrogen-bond donors (Lipinski definition) is 2. The summed E-state index contributed by atoms with van der Waals surface area (Å²) in [6.07, 6.45) is -4.52. The molecule has 0 saturated carbocycles.